The predicted octanol–water partition coefficient (Wildman–Crippen LogP) is 4.38. The van der Waals surface area contributed by atoms with E-state index in [9.17, 15) is 0 Å². The molecule has 14 heavy (non-hydrogen) atoms. The normalized spacial score (nSPS) is 28.6. The number of allylic oxidation sites excluding steroid dienone is 8. The summed E-state index contributed by atoms with van der Waals surface area (Å²) in [6, 6.07) is 0. The molecule has 0 bridgehead atoms. The van der Waals surface area contributed by atoms with Gasteiger partial charge < -0.3 is 0 Å². The minimum atomic E-state index is 1.04. The van der Waals surface area contributed by atoms with Crippen molar-refractivity contribution in [1.82, 2.24) is 0 Å². The van der Waals surface area contributed by atoms with Crippen LogP contribution in [0, 0.1) is 6.42 Å². The van der Waals surface area contributed by atoms with Crippen LogP contribution in [0.25, 0.3) is 0 Å². The average molecular weight is 187 g/mol. The van der Waals surface area contributed by atoms with Crippen molar-refractivity contribution in [2.75, 3.05) is 0 Å². The molecule has 0 aliphatic heterocycles. The van der Waals surface area contributed by atoms with Gasteiger partial charge in [-0.15, -0.1) is 0 Å². The van der Waals surface area contributed by atoms with Gasteiger partial charge in [-0.1, -0.05) is 48.6 Å². The van der Waals surface area contributed by atoms with E-state index in [0.29, 0.717) is 0 Å². The Balaban J connectivity index is 2.35. The van der Waals surface area contributed by atoms with Crippen LogP contribution < -0.4 is 0 Å². The summed E-state index contributed by atoms with van der Waals surface area (Å²) in [7, 11) is 0. The summed E-state index contributed by atoms with van der Waals surface area (Å²) in [5, 5.41) is 0. The maximum Gasteiger partial charge on any atom is -0.0166 e. The van der Waals surface area contributed by atoms with Crippen molar-refractivity contribution in [3.63, 3.8) is 0 Å². The Hall–Kier alpha value is -1.04. The average Bonchev–Trinajstić information content (AvgIpc) is 2.22. The second kappa shape index (κ2) is 8.55. The van der Waals surface area contributed by atoms with Gasteiger partial charge in [-0.2, -0.15) is 0 Å². The Bertz CT molecular complexity index is 202. The number of hydrogen-bond donors (Lipinski definition) is 0. The van der Waals surface area contributed by atoms with Crippen molar-refractivity contribution >= 4 is 0 Å². The molecule has 0 aromatic heterocycles. The Morgan fingerprint density at radius 2 is 1.29 bits per heavy atom. The van der Waals surface area contributed by atoms with Crippen LogP contribution in [0.15, 0.2) is 48.6 Å². The zero-order valence-electron chi connectivity index (χ0n) is 8.73. The Kier molecular flexibility index (Phi) is 6.74. The largest absolute Gasteiger partial charge is 0.0882 e. The lowest BCUT2D eigenvalue weighted by atomic mass is 10.1. The van der Waals surface area contributed by atoms with Crippen molar-refractivity contribution in [2.45, 2.75) is 32.1 Å². The van der Waals surface area contributed by atoms with Gasteiger partial charge in [0.05, 0.1) is 0 Å². The van der Waals surface area contributed by atoms with Gasteiger partial charge in [-0.25, -0.2) is 0 Å². The highest BCUT2D eigenvalue weighted by Gasteiger charge is 1.83. The quantitative estimate of drug-likeness (QED) is 0.494. The monoisotopic (exact) mass is 187 g/mol. The first-order valence-electron chi connectivity index (χ1n) is 5.45. The molecule has 1 rings (SSSR count). The zero-order valence-corrected chi connectivity index (χ0v) is 8.73. The molecule has 1 radical (unpaired) electrons. The lowest BCUT2D eigenvalue weighted by molar-refractivity contribution is 0.840. The Labute approximate surface area is 87.7 Å². The van der Waals surface area contributed by atoms with Crippen LogP contribution in [0.1, 0.15) is 32.1 Å². The van der Waals surface area contributed by atoms with Gasteiger partial charge >= 0.3 is 0 Å². The summed E-state index contributed by atoms with van der Waals surface area (Å²) in [5.74, 6) is 0. The summed E-state index contributed by atoms with van der Waals surface area (Å²) < 4.78 is 0. The van der Waals surface area contributed by atoms with Gasteiger partial charge in [0.25, 0.3) is 0 Å². The first-order chi connectivity index (χ1) is 7.00. The molecule has 0 saturated heterocycles. The standard InChI is InChI=1S/C14H19/c1-2-4-6-8-10-12-14-13-11-9-7-5-3-1/h1-4,7-11H,5-6,12-14H2/b3-1+,4-2-,9-7+,10-8-. The number of rotatable bonds is 0. The molecule has 1 aliphatic rings. The van der Waals surface area contributed by atoms with E-state index in [-0.39, 0.29) is 0 Å². The van der Waals surface area contributed by atoms with Gasteiger partial charge in [0.1, 0.15) is 0 Å². The van der Waals surface area contributed by atoms with E-state index in [0.717, 1.165) is 12.8 Å². The third-order valence-electron chi connectivity index (χ3n) is 2.11. The molecule has 0 saturated carbocycles. The van der Waals surface area contributed by atoms with Gasteiger partial charge in [0, 0.05) is 0 Å². The highest BCUT2D eigenvalue weighted by atomic mass is 13.9. The van der Waals surface area contributed by atoms with Crippen LogP contribution in [0.5, 0.6) is 0 Å². The first kappa shape index (κ1) is 11.0. The molecule has 0 aromatic rings. The van der Waals surface area contributed by atoms with E-state index in [1.165, 1.54) is 19.3 Å². The second-order valence-electron chi connectivity index (χ2n) is 3.39. The summed E-state index contributed by atoms with van der Waals surface area (Å²) >= 11 is 0. The van der Waals surface area contributed by atoms with Crippen LogP contribution in [0.2, 0.25) is 0 Å². The van der Waals surface area contributed by atoms with Crippen LogP contribution in [0.3, 0.4) is 0 Å². The molecule has 0 spiro atoms. The topological polar surface area (TPSA) is 0 Å². The van der Waals surface area contributed by atoms with Crippen molar-refractivity contribution < 1.29 is 0 Å². The maximum atomic E-state index is 2.28. The first-order valence-corrected chi connectivity index (χ1v) is 5.45. The molecule has 0 heterocycles. The Morgan fingerprint density at radius 1 is 0.571 bits per heavy atom. The van der Waals surface area contributed by atoms with E-state index in [1.807, 2.05) is 0 Å². The summed E-state index contributed by atoms with van der Waals surface area (Å²) in [6.07, 6.45) is 25.5. The summed E-state index contributed by atoms with van der Waals surface area (Å²) in [5.41, 5.74) is 0. The van der Waals surface area contributed by atoms with Gasteiger partial charge in [-0.3, -0.25) is 0 Å². The molecule has 0 nitrogen and oxygen atoms in total. The third-order valence-corrected chi connectivity index (χ3v) is 2.11. The fraction of sp³-hybridized carbons (Fsp3) is 0.357. The molecule has 0 aromatic carbocycles. The van der Waals surface area contributed by atoms with Gasteiger partial charge in [0.15, 0.2) is 0 Å². The molecular weight excluding hydrogens is 168 g/mol. The summed E-state index contributed by atoms with van der Waals surface area (Å²) in [6.45, 7) is 0. The molecule has 0 amide bonds. The molecular formula is C14H19. The van der Waals surface area contributed by atoms with E-state index in [4.69, 9.17) is 0 Å². The van der Waals surface area contributed by atoms with Crippen LogP contribution >= 0.6 is 0 Å². The minimum Gasteiger partial charge on any atom is -0.0882 e. The lowest BCUT2D eigenvalue weighted by Crippen LogP contribution is -1.74. The van der Waals surface area contributed by atoms with E-state index in [1.54, 1.807) is 0 Å². The molecule has 0 fully saturated rings. The highest BCUT2D eigenvalue weighted by molar-refractivity contribution is 5.08. The molecule has 0 unspecified atom stereocenters. The van der Waals surface area contributed by atoms with Crippen molar-refractivity contribution in [1.29, 1.82) is 0 Å². The van der Waals surface area contributed by atoms with Gasteiger partial charge in [0.2, 0.25) is 0 Å². The molecule has 75 valence electrons. The van der Waals surface area contributed by atoms with E-state index < -0.39 is 0 Å². The maximum absolute atomic E-state index is 2.28. The van der Waals surface area contributed by atoms with E-state index >= 15 is 0 Å². The number of hydrogen-bond acceptors (Lipinski definition) is 0. The van der Waals surface area contributed by atoms with Crippen molar-refractivity contribution in [2.24, 2.45) is 0 Å². The fourth-order valence-electron chi connectivity index (χ4n) is 1.31. The van der Waals surface area contributed by atoms with Crippen molar-refractivity contribution in [3.05, 3.63) is 55.0 Å². The van der Waals surface area contributed by atoms with Crippen LogP contribution in [-0.4, -0.2) is 0 Å². The zero-order chi connectivity index (χ0) is 9.90. The minimum absolute atomic E-state index is 1.04. The van der Waals surface area contributed by atoms with Crippen LogP contribution in [0.4, 0.5) is 0 Å². The third kappa shape index (κ3) is 6.47. The molecule has 0 atom stereocenters. The molecule has 1 aliphatic carbocycles. The molecule has 0 N–H and O–H groups in total. The van der Waals surface area contributed by atoms with Crippen LogP contribution in [-0.2, 0) is 0 Å². The second-order valence-corrected chi connectivity index (χ2v) is 3.39. The SMILES string of the molecule is [CH]1/C=C/C/C=C/C=C\C/C=C\CCC1. The highest BCUT2D eigenvalue weighted by Crippen LogP contribution is 2.02. The smallest absolute Gasteiger partial charge is 0.0166 e. The van der Waals surface area contributed by atoms with E-state index in [2.05, 4.69) is 55.0 Å². The Morgan fingerprint density at radius 3 is 2.14 bits per heavy atom. The lowest BCUT2D eigenvalue weighted by Gasteiger charge is -1.93. The molecule has 0 heteroatoms. The van der Waals surface area contributed by atoms with Crippen molar-refractivity contribution in [3.8, 4) is 0 Å². The summed E-state index contributed by atoms with van der Waals surface area (Å²) in [4.78, 5) is 0. The van der Waals surface area contributed by atoms with Gasteiger partial charge in [-0.05, 0) is 38.5 Å². The predicted molar refractivity (Wildman–Crippen MR) is 63.9 cm³/mol. The fourth-order valence-corrected chi connectivity index (χ4v) is 1.31.